The molecule has 1 aromatic heterocycles. The molecule has 14 heteroatoms. The molecular formula is C23H31N4O9P. The van der Waals surface area contributed by atoms with Crippen molar-refractivity contribution in [1.82, 2.24) is 14.6 Å². The van der Waals surface area contributed by atoms with Crippen molar-refractivity contribution in [3.63, 3.8) is 0 Å². The van der Waals surface area contributed by atoms with Crippen LogP contribution in [0.4, 0.5) is 0 Å². The third kappa shape index (κ3) is 6.62. The number of aliphatic imine (C=N–C) groups is 1. The Hall–Kier alpha value is -3.09. The lowest BCUT2D eigenvalue weighted by Crippen LogP contribution is -2.45. The number of aliphatic hydroxyl groups is 1. The molecule has 0 aliphatic carbocycles. The summed E-state index contributed by atoms with van der Waals surface area (Å²) in [6.07, 6.45) is -2.86. The molecule has 2 aromatic rings. The van der Waals surface area contributed by atoms with Gasteiger partial charge in [0.15, 0.2) is 6.23 Å². The van der Waals surface area contributed by atoms with E-state index in [0.29, 0.717) is 0 Å². The SMILES string of the molecule is C=N[C@]1(C)[C@H](O)[C@@H](COP(=O)(N[C@@H](C)C(=O)OC(C)C)Oc2ccccc2)O[C@H]1n1ccc(=O)[nH]c1=O. The molecule has 1 aliphatic heterocycles. The second-order valence-corrected chi connectivity index (χ2v) is 10.6. The van der Waals surface area contributed by atoms with Gasteiger partial charge >= 0.3 is 19.4 Å². The van der Waals surface area contributed by atoms with Gasteiger partial charge in [-0.05, 0) is 46.5 Å². The molecule has 1 fully saturated rings. The predicted octanol–water partition coefficient (Wildman–Crippen LogP) is 1.39. The summed E-state index contributed by atoms with van der Waals surface area (Å²) in [5, 5.41) is 13.5. The van der Waals surface area contributed by atoms with Crippen LogP contribution in [0, 0.1) is 0 Å². The second-order valence-electron chi connectivity index (χ2n) is 8.91. The largest absolute Gasteiger partial charge is 0.462 e. The Morgan fingerprint density at radius 3 is 2.57 bits per heavy atom. The summed E-state index contributed by atoms with van der Waals surface area (Å²) in [5.74, 6) is -0.473. The number of carbonyl (C=O) groups excluding carboxylic acids is 1. The van der Waals surface area contributed by atoms with E-state index < -0.39 is 67.7 Å². The van der Waals surface area contributed by atoms with Crippen LogP contribution in [0.5, 0.6) is 5.75 Å². The van der Waals surface area contributed by atoms with Crippen LogP contribution in [0.3, 0.4) is 0 Å². The molecule has 0 saturated carbocycles. The zero-order chi connectivity index (χ0) is 27.4. The van der Waals surface area contributed by atoms with E-state index in [1.54, 1.807) is 44.2 Å². The number of para-hydroxylation sites is 1. The van der Waals surface area contributed by atoms with Crippen molar-refractivity contribution in [3.05, 3.63) is 63.4 Å². The quantitative estimate of drug-likeness (QED) is 0.216. The van der Waals surface area contributed by atoms with E-state index in [4.69, 9.17) is 18.5 Å². The number of rotatable bonds is 11. The molecule has 1 aromatic carbocycles. The molecule has 0 bridgehead atoms. The van der Waals surface area contributed by atoms with Crippen LogP contribution >= 0.6 is 7.75 Å². The molecule has 0 amide bonds. The first kappa shape index (κ1) is 28.5. The molecule has 13 nitrogen and oxygen atoms in total. The van der Waals surface area contributed by atoms with Gasteiger partial charge in [0, 0.05) is 12.3 Å². The van der Waals surface area contributed by atoms with Crippen molar-refractivity contribution in [2.24, 2.45) is 4.99 Å². The van der Waals surface area contributed by atoms with Crippen LogP contribution in [0.15, 0.2) is 57.2 Å². The lowest BCUT2D eigenvalue weighted by atomic mass is 9.93. The van der Waals surface area contributed by atoms with Crippen molar-refractivity contribution in [3.8, 4) is 5.75 Å². The number of ether oxygens (including phenoxy) is 2. The third-order valence-corrected chi connectivity index (χ3v) is 7.28. The fraction of sp³-hybridized carbons (Fsp3) is 0.478. The molecule has 2 heterocycles. The monoisotopic (exact) mass is 538 g/mol. The molecule has 0 radical (unpaired) electrons. The van der Waals surface area contributed by atoms with Gasteiger partial charge in [0.1, 0.15) is 29.5 Å². The number of aromatic nitrogens is 2. The minimum atomic E-state index is -4.24. The lowest BCUT2D eigenvalue weighted by Gasteiger charge is -2.28. The van der Waals surface area contributed by atoms with Crippen molar-refractivity contribution >= 4 is 20.4 Å². The number of benzene rings is 1. The zero-order valence-corrected chi connectivity index (χ0v) is 21.8. The molecule has 6 atom stereocenters. The normalized spacial score (nSPS) is 25.8. The summed E-state index contributed by atoms with van der Waals surface area (Å²) in [6.45, 7) is 9.32. The maximum Gasteiger partial charge on any atom is 0.459 e. The van der Waals surface area contributed by atoms with Crippen LogP contribution in [0.25, 0.3) is 0 Å². The van der Waals surface area contributed by atoms with Crippen LogP contribution in [-0.4, -0.2) is 63.8 Å². The van der Waals surface area contributed by atoms with Gasteiger partial charge in [0.05, 0.1) is 12.7 Å². The zero-order valence-electron chi connectivity index (χ0n) is 20.9. The minimum absolute atomic E-state index is 0.200. The highest BCUT2D eigenvalue weighted by atomic mass is 31.2. The van der Waals surface area contributed by atoms with E-state index >= 15 is 0 Å². The Kier molecular flexibility index (Phi) is 8.88. The third-order valence-electron chi connectivity index (χ3n) is 5.63. The van der Waals surface area contributed by atoms with Gasteiger partial charge in [-0.3, -0.25) is 28.7 Å². The highest BCUT2D eigenvalue weighted by Gasteiger charge is 2.54. The second kappa shape index (κ2) is 11.5. The number of nitrogens with one attached hydrogen (secondary N) is 2. The maximum atomic E-state index is 13.7. The summed E-state index contributed by atoms with van der Waals surface area (Å²) in [5.41, 5.74) is -2.82. The number of esters is 1. The fourth-order valence-electron chi connectivity index (χ4n) is 3.67. The maximum absolute atomic E-state index is 13.7. The number of hydrogen-bond acceptors (Lipinski definition) is 10. The molecule has 202 valence electrons. The number of H-pyrrole nitrogens is 1. The molecule has 1 aliphatic rings. The van der Waals surface area contributed by atoms with Gasteiger partial charge in [-0.2, -0.15) is 5.09 Å². The first-order valence-electron chi connectivity index (χ1n) is 11.5. The van der Waals surface area contributed by atoms with E-state index in [1.165, 1.54) is 20.0 Å². The number of hydrogen-bond donors (Lipinski definition) is 3. The van der Waals surface area contributed by atoms with Crippen LogP contribution < -0.4 is 20.9 Å². The molecule has 37 heavy (non-hydrogen) atoms. The van der Waals surface area contributed by atoms with Crippen molar-refractivity contribution in [2.75, 3.05) is 6.61 Å². The Morgan fingerprint density at radius 2 is 1.97 bits per heavy atom. The van der Waals surface area contributed by atoms with Gasteiger partial charge in [-0.1, -0.05) is 18.2 Å². The highest BCUT2D eigenvalue weighted by Crippen LogP contribution is 2.47. The Balaban J connectivity index is 1.83. The van der Waals surface area contributed by atoms with E-state index in [-0.39, 0.29) is 5.75 Å². The first-order chi connectivity index (χ1) is 17.4. The molecular weight excluding hydrogens is 507 g/mol. The standard InChI is InChI=1S/C23H31N4O9P/c1-14(2)34-20(30)15(3)26-37(32,36-16-9-7-6-8-10-16)33-13-17-19(29)23(4,24-5)21(35-17)27-12-11-18(28)25-22(27)31/h6-12,14-15,17,19,21,29H,5,13H2,1-4H3,(H,26,32)(H,25,28,31)/t15-,17+,19+,21+,23+,37?/m0/s1. The summed E-state index contributed by atoms with van der Waals surface area (Å²) in [7, 11) is -4.24. The Labute approximate surface area is 213 Å². The topological polar surface area (TPSA) is 171 Å². The summed E-state index contributed by atoms with van der Waals surface area (Å²) in [4.78, 5) is 42.2. The smallest absolute Gasteiger partial charge is 0.459 e. The van der Waals surface area contributed by atoms with Gasteiger partial charge in [-0.15, -0.1) is 0 Å². The number of carbonyl (C=O) groups is 1. The van der Waals surface area contributed by atoms with E-state index in [1.807, 2.05) is 0 Å². The minimum Gasteiger partial charge on any atom is -0.462 e. The fourth-order valence-corrected chi connectivity index (χ4v) is 5.17. The Bertz CT molecular complexity index is 1260. The summed E-state index contributed by atoms with van der Waals surface area (Å²) >= 11 is 0. The van der Waals surface area contributed by atoms with Crippen molar-refractivity contribution in [2.45, 2.75) is 63.8 Å². The van der Waals surface area contributed by atoms with Crippen LogP contribution in [-0.2, 0) is 23.4 Å². The van der Waals surface area contributed by atoms with Crippen LogP contribution in [0.1, 0.15) is 33.9 Å². The molecule has 0 spiro atoms. The van der Waals surface area contributed by atoms with Gasteiger partial charge < -0.3 is 19.1 Å². The van der Waals surface area contributed by atoms with E-state index in [9.17, 15) is 24.1 Å². The van der Waals surface area contributed by atoms with E-state index in [2.05, 4.69) is 21.8 Å². The number of aromatic amines is 1. The van der Waals surface area contributed by atoms with Crippen molar-refractivity contribution < 1.29 is 33.0 Å². The number of nitrogens with zero attached hydrogens (tertiary/aromatic N) is 2. The summed E-state index contributed by atoms with van der Waals surface area (Å²) in [6, 6.07) is 8.20. The van der Waals surface area contributed by atoms with Gasteiger partial charge in [0.2, 0.25) is 0 Å². The molecule has 1 unspecified atom stereocenters. The average Bonchev–Trinajstić information content (AvgIpc) is 3.08. The average molecular weight is 538 g/mol. The molecule has 1 saturated heterocycles. The molecule has 3 N–H and O–H groups in total. The van der Waals surface area contributed by atoms with Crippen molar-refractivity contribution in [1.29, 1.82) is 0 Å². The summed E-state index contributed by atoms with van der Waals surface area (Å²) < 4.78 is 37.0. The predicted molar refractivity (Wildman–Crippen MR) is 134 cm³/mol. The first-order valence-corrected chi connectivity index (χ1v) is 13.0. The number of aliphatic hydroxyl groups excluding tert-OH is 1. The highest BCUT2D eigenvalue weighted by molar-refractivity contribution is 7.52. The van der Waals surface area contributed by atoms with Gasteiger partial charge in [-0.25, -0.2) is 9.36 Å². The van der Waals surface area contributed by atoms with E-state index in [0.717, 1.165) is 10.6 Å². The van der Waals surface area contributed by atoms with Gasteiger partial charge in [0.25, 0.3) is 5.56 Å². The Morgan fingerprint density at radius 1 is 1.30 bits per heavy atom. The molecule has 3 rings (SSSR count). The lowest BCUT2D eigenvalue weighted by molar-refractivity contribution is -0.149. The van der Waals surface area contributed by atoms with Crippen LogP contribution in [0.2, 0.25) is 0 Å².